The highest BCUT2D eigenvalue weighted by Crippen LogP contribution is 2.49. The number of fused-ring (bicyclic) bond motifs is 3. The molecule has 1 amide bonds. The van der Waals surface area contributed by atoms with Gasteiger partial charge >= 0.3 is 0 Å². The van der Waals surface area contributed by atoms with E-state index in [2.05, 4.69) is 17.2 Å². The van der Waals surface area contributed by atoms with Crippen LogP contribution in [0.25, 0.3) is 10.2 Å². The summed E-state index contributed by atoms with van der Waals surface area (Å²) in [5.74, 6) is 2.51. The van der Waals surface area contributed by atoms with E-state index in [1.807, 2.05) is 17.5 Å². The van der Waals surface area contributed by atoms with Crippen LogP contribution in [0.3, 0.4) is 0 Å². The first-order valence-electron chi connectivity index (χ1n) is 7.58. The van der Waals surface area contributed by atoms with E-state index in [0.29, 0.717) is 17.7 Å². The van der Waals surface area contributed by atoms with Crippen molar-refractivity contribution in [3.05, 3.63) is 23.2 Å². The zero-order chi connectivity index (χ0) is 13.7. The summed E-state index contributed by atoms with van der Waals surface area (Å²) in [4.78, 5) is 15.6. The van der Waals surface area contributed by atoms with E-state index in [0.717, 1.165) is 22.1 Å². The molecule has 0 saturated heterocycles. The minimum absolute atomic E-state index is 0.0451. The van der Waals surface area contributed by atoms with Crippen LogP contribution >= 0.6 is 11.3 Å². The second kappa shape index (κ2) is 4.62. The lowest BCUT2D eigenvalue weighted by Crippen LogP contribution is -2.40. The van der Waals surface area contributed by atoms with Crippen LogP contribution in [0, 0.1) is 17.8 Å². The zero-order valence-electron chi connectivity index (χ0n) is 11.7. The normalized spacial score (nSPS) is 29.9. The van der Waals surface area contributed by atoms with Crippen molar-refractivity contribution in [2.75, 3.05) is 0 Å². The van der Waals surface area contributed by atoms with Gasteiger partial charge in [0, 0.05) is 6.04 Å². The van der Waals surface area contributed by atoms with Crippen molar-refractivity contribution in [3.8, 4) is 0 Å². The number of aromatic amines is 1. The van der Waals surface area contributed by atoms with Crippen molar-refractivity contribution in [2.24, 2.45) is 17.8 Å². The Morgan fingerprint density at radius 3 is 3.05 bits per heavy atom. The van der Waals surface area contributed by atoms with Gasteiger partial charge < -0.3 is 10.3 Å². The Labute approximate surface area is 122 Å². The Kier molecular flexibility index (Phi) is 2.88. The number of hydrogen-bond acceptors (Lipinski definition) is 2. The van der Waals surface area contributed by atoms with Gasteiger partial charge in [0.1, 0.15) is 5.69 Å². The highest BCUT2D eigenvalue weighted by atomic mass is 32.1. The van der Waals surface area contributed by atoms with Gasteiger partial charge in [-0.25, -0.2) is 0 Å². The first-order valence-corrected chi connectivity index (χ1v) is 8.46. The SMILES string of the molecule is CC(NC(=O)c1cc2sccc2[nH]1)C1CC2CCC1C2. The largest absolute Gasteiger partial charge is 0.350 e. The molecule has 2 fully saturated rings. The van der Waals surface area contributed by atoms with Crippen molar-refractivity contribution in [2.45, 2.75) is 38.6 Å². The van der Waals surface area contributed by atoms with E-state index >= 15 is 0 Å². The molecule has 4 unspecified atom stereocenters. The van der Waals surface area contributed by atoms with Gasteiger partial charge in [-0.2, -0.15) is 0 Å². The highest BCUT2D eigenvalue weighted by molar-refractivity contribution is 7.17. The van der Waals surface area contributed by atoms with Crippen LogP contribution < -0.4 is 5.32 Å². The number of thiophene rings is 1. The lowest BCUT2D eigenvalue weighted by molar-refractivity contribution is 0.0911. The fourth-order valence-corrected chi connectivity index (χ4v) is 5.05. The van der Waals surface area contributed by atoms with Crippen LogP contribution in [0.5, 0.6) is 0 Å². The quantitative estimate of drug-likeness (QED) is 0.887. The molecular weight excluding hydrogens is 268 g/mol. The van der Waals surface area contributed by atoms with Crippen molar-refractivity contribution in [1.29, 1.82) is 0 Å². The Bertz CT molecular complexity index is 615. The topological polar surface area (TPSA) is 44.9 Å². The Hall–Kier alpha value is -1.29. The van der Waals surface area contributed by atoms with Gasteiger partial charge in [-0.15, -0.1) is 11.3 Å². The maximum atomic E-state index is 12.3. The molecule has 3 nitrogen and oxygen atoms in total. The van der Waals surface area contributed by atoms with Gasteiger partial charge in [-0.1, -0.05) is 6.42 Å². The first kappa shape index (κ1) is 12.5. The molecule has 4 atom stereocenters. The number of H-pyrrole nitrogens is 1. The summed E-state index contributed by atoms with van der Waals surface area (Å²) < 4.78 is 1.16. The molecule has 20 heavy (non-hydrogen) atoms. The third-order valence-electron chi connectivity index (χ3n) is 5.28. The molecule has 2 aliphatic rings. The number of nitrogens with one attached hydrogen (secondary N) is 2. The van der Waals surface area contributed by atoms with E-state index < -0.39 is 0 Å². The van der Waals surface area contributed by atoms with Crippen LogP contribution in [0.1, 0.15) is 43.1 Å². The predicted octanol–water partition coefficient (Wildman–Crippen LogP) is 3.78. The van der Waals surface area contributed by atoms with Gasteiger partial charge in [0.25, 0.3) is 5.91 Å². The minimum atomic E-state index is 0.0451. The number of hydrogen-bond donors (Lipinski definition) is 2. The molecule has 2 heterocycles. The molecule has 2 aromatic rings. The Morgan fingerprint density at radius 2 is 2.35 bits per heavy atom. The number of amides is 1. The van der Waals surface area contributed by atoms with Crippen molar-refractivity contribution in [1.82, 2.24) is 10.3 Å². The van der Waals surface area contributed by atoms with Gasteiger partial charge in [0.2, 0.25) is 0 Å². The Balaban J connectivity index is 1.45. The van der Waals surface area contributed by atoms with Crippen LogP contribution in [-0.4, -0.2) is 16.9 Å². The summed E-state index contributed by atoms with van der Waals surface area (Å²) in [6.45, 7) is 2.18. The molecule has 0 aromatic carbocycles. The molecule has 2 aromatic heterocycles. The molecule has 2 bridgehead atoms. The van der Waals surface area contributed by atoms with E-state index in [9.17, 15) is 4.79 Å². The van der Waals surface area contributed by atoms with E-state index in [1.165, 1.54) is 25.7 Å². The van der Waals surface area contributed by atoms with Crippen LogP contribution in [-0.2, 0) is 0 Å². The Morgan fingerprint density at radius 1 is 1.45 bits per heavy atom. The van der Waals surface area contributed by atoms with Crippen LogP contribution in [0.2, 0.25) is 0 Å². The maximum absolute atomic E-state index is 12.3. The molecule has 4 heteroatoms. The summed E-state index contributed by atoms with van der Waals surface area (Å²) in [7, 11) is 0. The van der Waals surface area contributed by atoms with Crippen molar-refractivity contribution < 1.29 is 4.79 Å². The van der Waals surface area contributed by atoms with E-state index in [1.54, 1.807) is 11.3 Å². The number of rotatable bonds is 3. The number of aromatic nitrogens is 1. The molecule has 0 radical (unpaired) electrons. The molecule has 4 rings (SSSR count). The molecule has 106 valence electrons. The third-order valence-corrected chi connectivity index (χ3v) is 6.14. The van der Waals surface area contributed by atoms with Crippen LogP contribution in [0.4, 0.5) is 0 Å². The summed E-state index contributed by atoms with van der Waals surface area (Å²) in [6.07, 6.45) is 5.48. The predicted molar refractivity (Wildman–Crippen MR) is 82.0 cm³/mol. The summed E-state index contributed by atoms with van der Waals surface area (Å²) >= 11 is 1.67. The van der Waals surface area contributed by atoms with E-state index in [4.69, 9.17) is 0 Å². The standard InChI is InChI=1S/C16H20N2OS/c1-9(12-7-10-2-3-11(12)6-10)17-16(19)14-8-15-13(18-14)4-5-20-15/h4-5,8-12,18H,2-3,6-7H2,1H3,(H,17,19). The molecule has 2 N–H and O–H groups in total. The fraction of sp³-hybridized carbons (Fsp3) is 0.562. The smallest absolute Gasteiger partial charge is 0.267 e. The highest BCUT2D eigenvalue weighted by Gasteiger charge is 2.42. The lowest BCUT2D eigenvalue weighted by Gasteiger charge is -2.28. The number of carbonyl (C=O) groups is 1. The molecule has 0 aliphatic heterocycles. The second-order valence-corrected chi connectivity index (χ2v) is 7.43. The molecule has 2 aliphatic carbocycles. The summed E-state index contributed by atoms with van der Waals surface area (Å²) in [5, 5.41) is 5.25. The molecular formula is C16H20N2OS. The van der Waals surface area contributed by atoms with Crippen LogP contribution in [0.15, 0.2) is 17.5 Å². The van der Waals surface area contributed by atoms with Gasteiger partial charge in [-0.3, -0.25) is 4.79 Å². The van der Waals surface area contributed by atoms with Crippen molar-refractivity contribution >= 4 is 27.5 Å². The zero-order valence-corrected chi connectivity index (χ0v) is 12.5. The first-order chi connectivity index (χ1) is 9.70. The number of carbonyl (C=O) groups excluding carboxylic acids is 1. The van der Waals surface area contributed by atoms with Gasteiger partial charge in [-0.05, 0) is 61.5 Å². The maximum Gasteiger partial charge on any atom is 0.267 e. The molecule has 2 saturated carbocycles. The second-order valence-electron chi connectivity index (χ2n) is 6.48. The van der Waals surface area contributed by atoms with Gasteiger partial charge in [0.15, 0.2) is 0 Å². The van der Waals surface area contributed by atoms with E-state index in [-0.39, 0.29) is 5.91 Å². The third kappa shape index (κ3) is 1.97. The summed E-state index contributed by atoms with van der Waals surface area (Å²) in [6, 6.07) is 4.28. The average molecular weight is 288 g/mol. The summed E-state index contributed by atoms with van der Waals surface area (Å²) in [5.41, 5.74) is 1.76. The fourth-order valence-electron chi connectivity index (χ4n) is 4.27. The van der Waals surface area contributed by atoms with Gasteiger partial charge in [0.05, 0.1) is 10.2 Å². The monoisotopic (exact) mass is 288 g/mol. The lowest BCUT2D eigenvalue weighted by atomic mass is 9.84. The van der Waals surface area contributed by atoms with Crippen molar-refractivity contribution in [3.63, 3.8) is 0 Å². The minimum Gasteiger partial charge on any atom is -0.350 e. The molecule has 0 spiro atoms. The average Bonchev–Trinajstić information content (AvgIpc) is 3.17.